The lowest BCUT2D eigenvalue weighted by molar-refractivity contribution is 0.188. The van der Waals surface area contributed by atoms with Gasteiger partial charge in [-0.15, -0.1) is 0 Å². The maximum Gasteiger partial charge on any atom is 0.153 e. The van der Waals surface area contributed by atoms with Crippen molar-refractivity contribution >= 4 is 11.4 Å². The van der Waals surface area contributed by atoms with Crippen LogP contribution in [0.1, 0.15) is 0 Å². The van der Waals surface area contributed by atoms with Gasteiger partial charge in [-0.1, -0.05) is 29.5 Å². The summed E-state index contributed by atoms with van der Waals surface area (Å²) in [6, 6.07) is 14.4. The molecule has 0 unspecified atom stereocenters. The Morgan fingerprint density at radius 1 is 0.800 bits per heavy atom. The predicted octanol–water partition coefficient (Wildman–Crippen LogP) is 3.28. The zero-order valence-electron chi connectivity index (χ0n) is 7.88. The molecule has 1 heterocycles. The van der Waals surface area contributed by atoms with Crippen LogP contribution in [0, 0.1) is 0 Å². The first kappa shape index (κ1) is 8.32. The first-order valence-electron chi connectivity index (χ1n) is 4.69. The summed E-state index contributed by atoms with van der Waals surface area (Å²) in [6.07, 6.45) is 0. The zero-order valence-corrected chi connectivity index (χ0v) is 7.88. The second kappa shape index (κ2) is 3.00. The summed E-state index contributed by atoms with van der Waals surface area (Å²) >= 11 is 0. The average Bonchev–Trinajstić information content (AvgIpc) is 2.30. The van der Waals surface area contributed by atoms with Crippen molar-refractivity contribution < 1.29 is 9.94 Å². The van der Waals surface area contributed by atoms with E-state index >= 15 is 0 Å². The molecule has 0 aliphatic carbocycles. The first-order chi connectivity index (χ1) is 7.36. The quantitative estimate of drug-likeness (QED) is 0.650. The molecule has 0 spiro atoms. The van der Waals surface area contributed by atoms with Crippen LogP contribution in [0.15, 0.2) is 48.5 Å². The van der Waals surface area contributed by atoms with Crippen molar-refractivity contribution in [1.29, 1.82) is 0 Å². The maximum atomic E-state index is 11.9. The Hall–Kier alpha value is -2.00. The molecule has 3 nitrogen and oxygen atoms in total. The van der Waals surface area contributed by atoms with Crippen molar-refractivity contribution in [3.8, 4) is 11.5 Å². The summed E-state index contributed by atoms with van der Waals surface area (Å²) in [4.78, 5) is 0. The van der Waals surface area contributed by atoms with E-state index in [1.165, 1.54) is 0 Å². The van der Waals surface area contributed by atoms with Gasteiger partial charge < -0.3 is 4.74 Å². The van der Waals surface area contributed by atoms with E-state index in [1.54, 1.807) is 24.3 Å². The summed E-state index contributed by atoms with van der Waals surface area (Å²) < 4.78 is 5.61. The Bertz CT molecular complexity index is 465. The summed E-state index contributed by atoms with van der Waals surface area (Å²) in [6.45, 7) is 0. The van der Waals surface area contributed by atoms with Crippen molar-refractivity contribution in [2.45, 2.75) is 0 Å². The first-order valence-corrected chi connectivity index (χ1v) is 4.69. The summed E-state index contributed by atoms with van der Waals surface area (Å²) in [5, 5.41) is 12.8. The van der Waals surface area contributed by atoms with Gasteiger partial charge in [-0.05, 0) is 24.3 Å². The second-order valence-corrected chi connectivity index (χ2v) is 3.33. The van der Waals surface area contributed by atoms with Crippen molar-refractivity contribution in [2.75, 3.05) is 5.06 Å². The third-order valence-electron chi connectivity index (χ3n) is 2.39. The molecule has 1 aliphatic rings. The molecule has 0 fully saturated rings. The van der Waals surface area contributed by atoms with E-state index < -0.39 is 0 Å². The summed E-state index contributed by atoms with van der Waals surface area (Å²) in [7, 11) is 0. The highest BCUT2D eigenvalue weighted by Gasteiger charge is 2.22. The van der Waals surface area contributed by atoms with Crippen molar-refractivity contribution in [1.82, 2.24) is 0 Å². The average molecular weight is 198 g/mol. The number of nitrogens with zero attached hydrogens (tertiary/aromatic N) is 1. The summed E-state index contributed by atoms with van der Waals surface area (Å²) in [5.41, 5.74) is 1.10. The highest BCUT2D eigenvalue weighted by Crippen LogP contribution is 2.45. The minimum Gasteiger partial charge on any atom is -0.453 e. The molecule has 1 radical (unpaired) electrons. The van der Waals surface area contributed by atoms with Crippen LogP contribution in [0.25, 0.3) is 0 Å². The fourth-order valence-corrected chi connectivity index (χ4v) is 1.67. The van der Waals surface area contributed by atoms with E-state index in [9.17, 15) is 5.21 Å². The number of hydrogen-bond acceptors (Lipinski definition) is 2. The molecule has 0 N–H and O–H groups in total. The number of hydrogen-bond donors (Lipinski definition) is 0. The Labute approximate surface area is 87.1 Å². The van der Waals surface area contributed by atoms with Crippen LogP contribution < -0.4 is 9.80 Å². The molecule has 0 saturated carbocycles. The van der Waals surface area contributed by atoms with E-state index in [0.29, 0.717) is 22.9 Å². The van der Waals surface area contributed by atoms with Crippen LogP contribution in [0.5, 0.6) is 11.5 Å². The number of rotatable bonds is 0. The van der Waals surface area contributed by atoms with Gasteiger partial charge in [-0.2, -0.15) is 5.06 Å². The molecule has 73 valence electrons. The molecule has 0 aromatic heterocycles. The predicted molar refractivity (Wildman–Crippen MR) is 55.8 cm³/mol. The molecule has 0 bridgehead atoms. The molecule has 2 aromatic rings. The van der Waals surface area contributed by atoms with E-state index in [4.69, 9.17) is 4.74 Å². The molecule has 3 heteroatoms. The molecule has 0 amide bonds. The number of para-hydroxylation sites is 4. The lowest BCUT2D eigenvalue weighted by atomic mass is 10.2. The van der Waals surface area contributed by atoms with Gasteiger partial charge in [0, 0.05) is 0 Å². The van der Waals surface area contributed by atoms with Gasteiger partial charge in [0.25, 0.3) is 0 Å². The van der Waals surface area contributed by atoms with E-state index in [2.05, 4.69) is 0 Å². The van der Waals surface area contributed by atoms with Crippen molar-refractivity contribution in [3.63, 3.8) is 0 Å². The normalized spacial score (nSPS) is 12.7. The molecular weight excluding hydrogens is 190 g/mol. The van der Waals surface area contributed by atoms with Crippen LogP contribution in [0.2, 0.25) is 0 Å². The molecule has 3 rings (SSSR count). The molecule has 2 aromatic carbocycles. The molecule has 0 atom stereocenters. The standard InChI is InChI=1S/C12H8NO2/c14-13-9-5-1-3-7-11(9)15-12-8-4-2-6-10(12)13/h1-8H. The topological polar surface area (TPSA) is 32.4 Å². The number of benzene rings is 2. The zero-order chi connectivity index (χ0) is 10.3. The smallest absolute Gasteiger partial charge is 0.153 e. The largest absolute Gasteiger partial charge is 0.453 e. The van der Waals surface area contributed by atoms with Crippen LogP contribution in [0.4, 0.5) is 11.4 Å². The van der Waals surface area contributed by atoms with Crippen LogP contribution in [0.3, 0.4) is 0 Å². The fraction of sp³-hybridized carbons (Fsp3) is 0. The van der Waals surface area contributed by atoms with Gasteiger partial charge in [-0.3, -0.25) is 0 Å². The summed E-state index contributed by atoms with van der Waals surface area (Å²) in [5.74, 6) is 1.21. The highest BCUT2D eigenvalue weighted by molar-refractivity contribution is 5.75. The molecule has 15 heavy (non-hydrogen) atoms. The van der Waals surface area contributed by atoms with Gasteiger partial charge in [0.1, 0.15) is 11.4 Å². The van der Waals surface area contributed by atoms with Crippen LogP contribution in [-0.4, -0.2) is 0 Å². The third kappa shape index (κ3) is 1.17. The van der Waals surface area contributed by atoms with Gasteiger partial charge in [0.2, 0.25) is 0 Å². The third-order valence-corrected chi connectivity index (χ3v) is 2.39. The lowest BCUT2D eigenvalue weighted by Gasteiger charge is -2.25. The Kier molecular flexibility index (Phi) is 1.66. The Morgan fingerprint density at radius 3 is 1.80 bits per heavy atom. The maximum absolute atomic E-state index is 11.9. The van der Waals surface area contributed by atoms with Crippen molar-refractivity contribution in [2.24, 2.45) is 0 Å². The SMILES string of the molecule is [O]N1c2ccccc2Oc2ccccc21. The van der Waals surface area contributed by atoms with Crippen LogP contribution in [-0.2, 0) is 5.21 Å². The number of anilines is 2. The van der Waals surface area contributed by atoms with Gasteiger partial charge in [0.05, 0.1) is 0 Å². The second-order valence-electron chi connectivity index (χ2n) is 3.33. The molecule has 1 aliphatic heterocycles. The van der Waals surface area contributed by atoms with E-state index in [0.717, 1.165) is 5.06 Å². The number of fused-ring (bicyclic) bond motifs is 2. The van der Waals surface area contributed by atoms with Gasteiger partial charge >= 0.3 is 0 Å². The number of ether oxygens (including phenoxy) is 1. The van der Waals surface area contributed by atoms with E-state index in [-0.39, 0.29) is 0 Å². The van der Waals surface area contributed by atoms with Gasteiger partial charge in [-0.25, -0.2) is 0 Å². The Morgan fingerprint density at radius 2 is 1.27 bits per heavy atom. The monoisotopic (exact) mass is 198 g/mol. The van der Waals surface area contributed by atoms with Gasteiger partial charge in [0.15, 0.2) is 11.5 Å². The fourth-order valence-electron chi connectivity index (χ4n) is 1.67. The van der Waals surface area contributed by atoms with Crippen molar-refractivity contribution in [3.05, 3.63) is 48.5 Å². The Balaban J connectivity index is 2.20. The highest BCUT2D eigenvalue weighted by atomic mass is 16.5. The molecule has 0 saturated heterocycles. The minimum atomic E-state index is 0.552. The minimum absolute atomic E-state index is 0.552. The van der Waals surface area contributed by atoms with E-state index in [1.807, 2.05) is 24.3 Å². The molecular formula is C12H8NO2. The lowest BCUT2D eigenvalue weighted by Crippen LogP contribution is -2.14. The van der Waals surface area contributed by atoms with Crippen LogP contribution >= 0.6 is 0 Å².